The van der Waals surface area contributed by atoms with Crippen molar-refractivity contribution in [2.45, 2.75) is 6.92 Å². The third-order valence-electron chi connectivity index (χ3n) is 3.48. The molecule has 1 aliphatic rings. The topological polar surface area (TPSA) is 50.7 Å². The van der Waals surface area contributed by atoms with Crippen LogP contribution in [0.3, 0.4) is 0 Å². The van der Waals surface area contributed by atoms with Gasteiger partial charge >= 0.3 is 0 Å². The third kappa shape index (κ3) is 4.39. The van der Waals surface area contributed by atoms with Gasteiger partial charge in [0.2, 0.25) is 0 Å². The van der Waals surface area contributed by atoms with Crippen LogP contribution in [0.2, 0.25) is 0 Å². The quantitative estimate of drug-likeness (QED) is 0.640. The largest absolute Gasteiger partial charge is 0.489 e. The number of ether oxygens (including phenoxy) is 1. The summed E-state index contributed by atoms with van der Waals surface area (Å²) in [6, 6.07) is 15.4. The number of aliphatic imine (C=N–C) groups is 1. The molecule has 1 amide bonds. The molecular weight excluding hydrogens is 332 g/mol. The van der Waals surface area contributed by atoms with Crippen molar-refractivity contribution in [2.24, 2.45) is 4.99 Å². The molecule has 2 aromatic carbocycles. The van der Waals surface area contributed by atoms with E-state index in [4.69, 9.17) is 4.74 Å². The first-order valence-electron chi connectivity index (χ1n) is 7.84. The normalized spacial score (nSPS) is 16.9. The molecule has 1 aliphatic heterocycles. The minimum atomic E-state index is -0.158. The Kier molecular flexibility index (Phi) is 5.36. The number of nitrogens with one attached hydrogen (secondary N) is 1. The van der Waals surface area contributed by atoms with Gasteiger partial charge in [0.1, 0.15) is 12.4 Å². The maximum absolute atomic E-state index is 12.2. The number of hydrogen-bond acceptors (Lipinski definition) is 4. The molecule has 1 heterocycles. The number of amidine groups is 1. The molecule has 0 spiro atoms. The monoisotopic (exact) mass is 350 g/mol. The lowest BCUT2D eigenvalue weighted by molar-refractivity contribution is -0.115. The summed E-state index contributed by atoms with van der Waals surface area (Å²) in [7, 11) is 0. The highest BCUT2D eigenvalue weighted by molar-refractivity contribution is 8.18. The molecule has 0 aliphatic carbocycles. The number of benzene rings is 2. The maximum atomic E-state index is 12.2. The van der Waals surface area contributed by atoms with Crippen LogP contribution in [-0.2, 0) is 4.79 Å². The van der Waals surface area contributed by atoms with Gasteiger partial charge in [-0.3, -0.25) is 4.79 Å². The molecule has 25 heavy (non-hydrogen) atoms. The number of nitrogens with zero attached hydrogens (tertiary/aromatic N) is 1. The van der Waals surface area contributed by atoms with E-state index in [2.05, 4.69) is 16.9 Å². The number of carbonyl (C=O) groups excluding carboxylic acids is 1. The van der Waals surface area contributed by atoms with Crippen molar-refractivity contribution >= 4 is 34.6 Å². The standard InChI is InChI=1S/C20H18N2O2S/c1-3-12-24-17-7-5-4-6-15(17)13-18-19(23)22-20(25-18)21-16-10-8-14(2)9-11-16/h3-11,13H,1,12H2,2H3,(H,21,22,23). The second kappa shape index (κ2) is 7.85. The van der Waals surface area contributed by atoms with E-state index in [1.165, 1.54) is 17.3 Å². The van der Waals surface area contributed by atoms with Crippen LogP contribution in [0.15, 0.2) is 71.1 Å². The Labute approximate surface area is 151 Å². The predicted molar refractivity (Wildman–Crippen MR) is 104 cm³/mol. The van der Waals surface area contributed by atoms with Crippen LogP contribution in [0.5, 0.6) is 5.75 Å². The Balaban J connectivity index is 1.82. The molecule has 1 fully saturated rings. The Bertz CT molecular complexity index is 854. The van der Waals surface area contributed by atoms with Crippen LogP contribution in [0.1, 0.15) is 11.1 Å². The van der Waals surface area contributed by atoms with Crippen molar-refractivity contribution in [2.75, 3.05) is 6.61 Å². The first kappa shape index (κ1) is 17.0. The van der Waals surface area contributed by atoms with Gasteiger partial charge in [-0.25, -0.2) is 4.99 Å². The molecule has 0 radical (unpaired) electrons. The average Bonchev–Trinajstić information content (AvgIpc) is 2.95. The molecule has 126 valence electrons. The summed E-state index contributed by atoms with van der Waals surface area (Å²) >= 11 is 1.32. The molecule has 0 saturated carbocycles. The van der Waals surface area contributed by atoms with E-state index < -0.39 is 0 Å². The second-order valence-electron chi connectivity index (χ2n) is 5.45. The number of thioether (sulfide) groups is 1. The molecule has 2 aromatic rings. The van der Waals surface area contributed by atoms with Crippen molar-refractivity contribution < 1.29 is 9.53 Å². The van der Waals surface area contributed by atoms with E-state index in [1.54, 1.807) is 6.08 Å². The van der Waals surface area contributed by atoms with E-state index in [1.807, 2.05) is 61.5 Å². The van der Waals surface area contributed by atoms with Crippen molar-refractivity contribution in [1.82, 2.24) is 5.32 Å². The summed E-state index contributed by atoms with van der Waals surface area (Å²) in [4.78, 5) is 17.3. The van der Waals surface area contributed by atoms with Gasteiger partial charge in [0.15, 0.2) is 5.17 Å². The fourth-order valence-corrected chi connectivity index (χ4v) is 3.07. The molecule has 0 bridgehead atoms. The zero-order chi connectivity index (χ0) is 17.6. The van der Waals surface area contributed by atoms with Crippen LogP contribution in [0, 0.1) is 6.92 Å². The Morgan fingerprint density at radius 1 is 1.20 bits per heavy atom. The van der Waals surface area contributed by atoms with Crippen LogP contribution >= 0.6 is 11.8 Å². The number of carbonyl (C=O) groups is 1. The van der Waals surface area contributed by atoms with Crippen molar-refractivity contribution in [3.05, 3.63) is 77.2 Å². The van der Waals surface area contributed by atoms with E-state index in [0.29, 0.717) is 22.4 Å². The Hall–Kier alpha value is -2.79. The average molecular weight is 350 g/mol. The van der Waals surface area contributed by atoms with Gasteiger partial charge in [0.05, 0.1) is 10.6 Å². The van der Waals surface area contributed by atoms with Crippen molar-refractivity contribution in [3.8, 4) is 5.75 Å². The smallest absolute Gasteiger partial charge is 0.264 e. The zero-order valence-corrected chi connectivity index (χ0v) is 14.7. The summed E-state index contributed by atoms with van der Waals surface area (Å²) in [5, 5.41) is 3.37. The highest BCUT2D eigenvalue weighted by Crippen LogP contribution is 2.30. The van der Waals surface area contributed by atoms with E-state index >= 15 is 0 Å². The maximum Gasteiger partial charge on any atom is 0.264 e. The number of aryl methyl sites for hydroxylation is 1. The number of rotatable bonds is 5. The number of hydrogen-bond donors (Lipinski definition) is 1. The van der Waals surface area contributed by atoms with Crippen LogP contribution in [-0.4, -0.2) is 17.7 Å². The molecule has 3 rings (SSSR count). The van der Waals surface area contributed by atoms with E-state index in [9.17, 15) is 4.79 Å². The van der Waals surface area contributed by atoms with Crippen molar-refractivity contribution in [1.29, 1.82) is 0 Å². The lowest BCUT2D eigenvalue weighted by Crippen LogP contribution is -2.19. The molecule has 5 heteroatoms. The van der Waals surface area contributed by atoms with Gasteiger partial charge in [0.25, 0.3) is 5.91 Å². The summed E-state index contributed by atoms with van der Waals surface area (Å²) < 4.78 is 5.63. The van der Waals surface area contributed by atoms with E-state index in [0.717, 1.165) is 11.3 Å². The van der Waals surface area contributed by atoms with Gasteiger partial charge < -0.3 is 10.1 Å². The van der Waals surface area contributed by atoms with Gasteiger partial charge in [-0.05, 0) is 43.0 Å². The predicted octanol–water partition coefficient (Wildman–Crippen LogP) is 4.45. The molecule has 0 atom stereocenters. The Morgan fingerprint density at radius 2 is 1.96 bits per heavy atom. The minimum absolute atomic E-state index is 0.158. The van der Waals surface area contributed by atoms with E-state index in [-0.39, 0.29) is 5.91 Å². The van der Waals surface area contributed by atoms with Crippen LogP contribution in [0.25, 0.3) is 6.08 Å². The third-order valence-corrected chi connectivity index (χ3v) is 4.39. The summed E-state index contributed by atoms with van der Waals surface area (Å²) in [6.07, 6.45) is 3.50. The van der Waals surface area contributed by atoms with Crippen LogP contribution < -0.4 is 10.1 Å². The first-order chi connectivity index (χ1) is 12.2. The van der Waals surface area contributed by atoms with Gasteiger partial charge in [-0.1, -0.05) is 48.6 Å². The molecule has 0 aromatic heterocycles. The zero-order valence-electron chi connectivity index (χ0n) is 13.9. The summed E-state index contributed by atoms with van der Waals surface area (Å²) in [5.74, 6) is 0.557. The number of para-hydroxylation sites is 1. The van der Waals surface area contributed by atoms with Crippen molar-refractivity contribution in [3.63, 3.8) is 0 Å². The lowest BCUT2D eigenvalue weighted by Gasteiger charge is -2.06. The number of amides is 1. The van der Waals surface area contributed by atoms with Crippen LogP contribution in [0.4, 0.5) is 5.69 Å². The molecule has 0 unspecified atom stereocenters. The molecule has 4 nitrogen and oxygen atoms in total. The lowest BCUT2D eigenvalue weighted by atomic mass is 10.2. The Morgan fingerprint density at radius 3 is 2.72 bits per heavy atom. The SMILES string of the molecule is C=CCOc1ccccc1C=C1SC(=Nc2ccc(C)cc2)NC1=O. The van der Waals surface area contributed by atoms with Gasteiger partial charge in [0, 0.05) is 5.56 Å². The highest BCUT2D eigenvalue weighted by atomic mass is 32.2. The molecule has 1 saturated heterocycles. The van der Waals surface area contributed by atoms with Gasteiger partial charge in [-0.2, -0.15) is 0 Å². The summed E-state index contributed by atoms with van der Waals surface area (Å²) in [5.41, 5.74) is 2.83. The first-order valence-corrected chi connectivity index (χ1v) is 8.66. The fraction of sp³-hybridized carbons (Fsp3) is 0.100. The molecular formula is C20H18N2O2S. The fourth-order valence-electron chi connectivity index (χ4n) is 2.24. The highest BCUT2D eigenvalue weighted by Gasteiger charge is 2.24. The minimum Gasteiger partial charge on any atom is -0.489 e. The van der Waals surface area contributed by atoms with Gasteiger partial charge in [-0.15, -0.1) is 0 Å². The molecule has 1 N–H and O–H groups in total. The second-order valence-corrected chi connectivity index (χ2v) is 6.49. The summed E-state index contributed by atoms with van der Waals surface area (Å²) in [6.45, 7) is 6.09.